The number of aryl methyl sites for hydroxylation is 1. The SMILES string of the molecule is CN=CC(Nc1nc(Nc2cc(C)c(C3CN(C)C3)cc2OC(C)C)ncc1Cl)=C(N)S(=O)(=O)CC(C)C. The van der Waals surface area contributed by atoms with Crippen molar-refractivity contribution in [2.45, 2.75) is 46.6 Å². The number of allylic oxidation sites excluding steroid dienone is 1. The number of benzene rings is 1. The minimum atomic E-state index is -3.72. The van der Waals surface area contributed by atoms with Gasteiger partial charge in [-0.3, -0.25) is 4.99 Å². The number of nitrogens with zero attached hydrogens (tertiary/aromatic N) is 4. The number of aliphatic imine (C=N–C) groups is 1. The van der Waals surface area contributed by atoms with Crippen LogP contribution in [0, 0.1) is 12.8 Å². The van der Waals surface area contributed by atoms with Crippen LogP contribution < -0.4 is 21.1 Å². The van der Waals surface area contributed by atoms with Crippen LogP contribution in [0.3, 0.4) is 0 Å². The van der Waals surface area contributed by atoms with Gasteiger partial charge >= 0.3 is 0 Å². The minimum absolute atomic E-state index is 0.0321. The van der Waals surface area contributed by atoms with E-state index in [1.807, 2.05) is 19.9 Å². The summed E-state index contributed by atoms with van der Waals surface area (Å²) in [6.07, 6.45) is 2.72. The molecule has 10 nitrogen and oxygen atoms in total. The molecule has 1 aliphatic rings. The van der Waals surface area contributed by atoms with E-state index >= 15 is 0 Å². The molecule has 2 aromatic rings. The van der Waals surface area contributed by atoms with Gasteiger partial charge in [0.25, 0.3) is 0 Å². The zero-order chi connectivity index (χ0) is 28.2. The van der Waals surface area contributed by atoms with Crippen LogP contribution in [0.25, 0.3) is 0 Å². The van der Waals surface area contributed by atoms with Crippen molar-refractivity contribution in [3.8, 4) is 5.75 Å². The first-order valence-corrected chi connectivity index (χ1v) is 14.5. The predicted octanol–water partition coefficient (Wildman–Crippen LogP) is 4.31. The second-order valence-corrected chi connectivity index (χ2v) is 12.7. The van der Waals surface area contributed by atoms with E-state index < -0.39 is 9.84 Å². The molecule has 1 aromatic heterocycles. The van der Waals surface area contributed by atoms with Crippen molar-refractivity contribution in [3.05, 3.63) is 45.2 Å². The quantitative estimate of drug-likeness (QED) is 0.342. The van der Waals surface area contributed by atoms with E-state index in [1.165, 1.54) is 25.0 Å². The van der Waals surface area contributed by atoms with Gasteiger partial charge in [-0.15, -0.1) is 0 Å². The molecule has 12 heteroatoms. The molecule has 0 spiro atoms. The van der Waals surface area contributed by atoms with Crippen LogP contribution >= 0.6 is 11.6 Å². The Kier molecular flexibility index (Phi) is 9.61. The van der Waals surface area contributed by atoms with Crippen molar-refractivity contribution in [2.75, 3.05) is 43.6 Å². The summed E-state index contributed by atoms with van der Waals surface area (Å²) in [5, 5.41) is 6.01. The molecule has 1 aliphatic heterocycles. The maximum absolute atomic E-state index is 12.7. The van der Waals surface area contributed by atoms with Gasteiger partial charge in [0.05, 0.1) is 29.4 Å². The molecule has 1 saturated heterocycles. The first-order valence-electron chi connectivity index (χ1n) is 12.5. The highest BCUT2D eigenvalue weighted by Crippen LogP contribution is 2.37. The second-order valence-electron chi connectivity index (χ2n) is 10.3. The highest BCUT2D eigenvalue weighted by Gasteiger charge is 2.27. The second kappa shape index (κ2) is 12.3. The van der Waals surface area contributed by atoms with Crippen LogP contribution in [0.5, 0.6) is 5.75 Å². The van der Waals surface area contributed by atoms with Gasteiger partial charge in [-0.1, -0.05) is 25.4 Å². The zero-order valence-electron chi connectivity index (χ0n) is 23.0. The number of sulfone groups is 1. The summed E-state index contributed by atoms with van der Waals surface area (Å²) in [5.74, 6) is 1.40. The molecule has 0 unspecified atom stereocenters. The first-order chi connectivity index (χ1) is 17.8. The maximum Gasteiger partial charge on any atom is 0.229 e. The van der Waals surface area contributed by atoms with E-state index in [-0.39, 0.29) is 45.3 Å². The number of ether oxygens (including phenoxy) is 1. The number of aromatic nitrogens is 2. The van der Waals surface area contributed by atoms with Crippen LogP contribution in [0.4, 0.5) is 17.5 Å². The van der Waals surface area contributed by atoms with E-state index in [0.717, 1.165) is 18.7 Å². The van der Waals surface area contributed by atoms with E-state index in [9.17, 15) is 8.42 Å². The summed E-state index contributed by atoms with van der Waals surface area (Å²) in [6, 6.07) is 4.12. The standard InChI is InChI=1S/C26H38ClN7O3S/c1-15(2)14-38(35,36)24(28)22(11-29-6)31-25-20(27)10-30-26(33-25)32-21-8-17(5)19(18-12-34(7)13-18)9-23(21)37-16(3)4/h8-11,15-16,18H,12-14,28H2,1-7H3,(H2,30,31,32,33). The lowest BCUT2D eigenvalue weighted by atomic mass is 9.88. The lowest BCUT2D eigenvalue weighted by molar-refractivity contribution is 0.188. The van der Waals surface area contributed by atoms with Crippen molar-refractivity contribution in [1.82, 2.24) is 14.9 Å². The van der Waals surface area contributed by atoms with Crippen molar-refractivity contribution in [2.24, 2.45) is 16.6 Å². The third-order valence-electron chi connectivity index (χ3n) is 5.89. The van der Waals surface area contributed by atoms with Crippen molar-refractivity contribution < 1.29 is 13.2 Å². The molecule has 1 aromatic carbocycles. The average Bonchev–Trinajstić information content (AvgIpc) is 2.79. The van der Waals surface area contributed by atoms with Crippen LogP contribution in [-0.4, -0.2) is 68.5 Å². The van der Waals surface area contributed by atoms with E-state index in [1.54, 1.807) is 13.8 Å². The zero-order valence-corrected chi connectivity index (χ0v) is 24.6. The van der Waals surface area contributed by atoms with Gasteiger partial charge in [0.1, 0.15) is 10.8 Å². The Morgan fingerprint density at radius 1 is 1.32 bits per heavy atom. The number of likely N-dealkylation sites (tertiary alicyclic amines) is 1. The minimum Gasteiger partial charge on any atom is -0.489 e. The Hall–Kier alpha value is -2.89. The summed E-state index contributed by atoms with van der Waals surface area (Å²) in [7, 11) is -0.100. The number of halogens is 1. The molecule has 0 amide bonds. The van der Waals surface area contributed by atoms with E-state index in [0.29, 0.717) is 17.4 Å². The number of nitrogens with two attached hydrogens (primary N) is 1. The third kappa shape index (κ3) is 7.36. The fourth-order valence-electron chi connectivity index (χ4n) is 4.23. The Labute approximate surface area is 230 Å². The molecule has 0 atom stereocenters. The molecular weight excluding hydrogens is 526 g/mol. The van der Waals surface area contributed by atoms with Crippen LogP contribution in [0.2, 0.25) is 5.02 Å². The number of hydrogen-bond donors (Lipinski definition) is 3. The predicted molar refractivity (Wildman–Crippen MR) is 155 cm³/mol. The topological polar surface area (TPSA) is 135 Å². The van der Waals surface area contributed by atoms with Crippen LogP contribution in [-0.2, 0) is 9.84 Å². The lowest BCUT2D eigenvalue weighted by Crippen LogP contribution is -2.42. The summed E-state index contributed by atoms with van der Waals surface area (Å²) >= 11 is 6.36. The molecular formula is C26H38ClN7O3S. The van der Waals surface area contributed by atoms with Gasteiger partial charge in [-0.05, 0) is 57.0 Å². The average molecular weight is 564 g/mol. The van der Waals surface area contributed by atoms with Crippen molar-refractivity contribution >= 4 is 45.1 Å². The van der Waals surface area contributed by atoms with Gasteiger partial charge in [0, 0.05) is 32.3 Å². The Morgan fingerprint density at radius 3 is 2.58 bits per heavy atom. The molecule has 38 heavy (non-hydrogen) atoms. The van der Waals surface area contributed by atoms with Gasteiger partial charge in [-0.2, -0.15) is 4.98 Å². The third-order valence-corrected chi connectivity index (χ3v) is 8.16. The molecule has 208 valence electrons. The normalized spacial score (nSPS) is 15.6. The molecule has 3 rings (SSSR count). The Morgan fingerprint density at radius 2 is 2.00 bits per heavy atom. The van der Waals surface area contributed by atoms with Gasteiger partial charge in [-0.25, -0.2) is 13.4 Å². The highest BCUT2D eigenvalue weighted by atomic mass is 35.5. The maximum atomic E-state index is 12.7. The van der Waals surface area contributed by atoms with E-state index in [4.69, 9.17) is 22.1 Å². The first kappa shape index (κ1) is 29.7. The Bertz CT molecular complexity index is 1320. The summed E-state index contributed by atoms with van der Waals surface area (Å²) in [5.41, 5.74) is 9.24. The van der Waals surface area contributed by atoms with Crippen LogP contribution in [0.15, 0.2) is 34.0 Å². The van der Waals surface area contributed by atoms with Gasteiger partial charge in [0.15, 0.2) is 20.7 Å². The largest absolute Gasteiger partial charge is 0.489 e. The molecule has 0 radical (unpaired) electrons. The van der Waals surface area contributed by atoms with E-state index in [2.05, 4.69) is 50.5 Å². The fraction of sp³-hybridized carbons (Fsp3) is 0.500. The molecule has 0 aliphatic carbocycles. The number of likely N-dealkylation sites (N-methyl/N-ethyl adjacent to an activating group) is 1. The fourth-order valence-corrected chi connectivity index (χ4v) is 5.87. The lowest BCUT2D eigenvalue weighted by Gasteiger charge is -2.37. The molecule has 0 bridgehead atoms. The molecule has 4 N–H and O–H groups in total. The Balaban J connectivity index is 1.95. The summed E-state index contributed by atoms with van der Waals surface area (Å²) in [6.45, 7) is 11.7. The molecule has 0 saturated carbocycles. The van der Waals surface area contributed by atoms with Crippen molar-refractivity contribution in [1.29, 1.82) is 0 Å². The van der Waals surface area contributed by atoms with Crippen LogP contribution in [0.1, 0.15) is 44.7 Å². The molecule has 2 heterocycles. The number of rotatable bonds is 11. The summed E-state index contributed by atoms with van der Waals surface area (Å²) in [4.78, 5) is 15.0. The van der Waals surface area contributed by atoms with Crippen molar-refractivity contribution in [3.63, 3.8) is 0 Å². The summed E-state index contributed by atoms with van der Waals surface area (Å²) < 4.78 is 31.6. The monoisotopic (exact) mass is 563 g/mol. The number of nitrogens with one attached hydrogen (secondary N) is 2. The highest BCUT2D eigenvalue weighted by molar-refractivity contribution is 7.95. The smallest absolute Gasteiger partial charge is 0.229 e. The molecule has 1 fully saturated rings. The van der Waals surface area contributed by atoms with Gasteiger partial charge in [0.2, 0.25) is 5.95 Å². The van der Waals surface area contributed by atoms with Gasteiger partial charge < -0.3 is 26.0 Å². The number of anilines is 3. The number of hydrogen-bond acceptors (Lipinski definition) is 10.